The molecule has 6 heteroatoms. The summed E-state index contributed by atoms with van der Waals surface area (Å²) < 4.78 is 0. The Labute approximate surface area is 115 Å². The van der Waals surface area contributed by atoms with Crippen molar-refractivity contribution in [3.8, 4) is 0 Å². The maximum absolute atomic E-state index is 5.88. The Balaban J connectivity index is 1.90. The molecule has 2 N–H and O–H groups in total. The first-order valence-corrected chi connectivity index (χ1v) is 6.27. The molecule has 0 saturated carbocycles. The first-order chi connectivity index (χ1) is 9.24. The molecule has 0 atom stereocenters. The highest BCUT2D eigenvalue weighted by molar-refractivity contribution is 6.28. The molecule has 5 nitrogen and oxygen atoms in total. The van der Waals surface area contributed by atoms with Crippen molar-refractivity contribution in [1.29, 1.82) is 0 Å². The summed E-state index contributed by atoms with van der Waals surface area (Å²) in [5.74, 6) is 0.687. The number of aromatic amines is 1. The van der Waals surface area contributed by atoms with Crippen LogP contribution in [0.15, 0.2) is 30.5 Å². The van der Waals surface area contributed by atoms with E-state index >= 15 is 0 Å². The molecular weight excluding hydrogens is 262 g/mol. The van der Waals surface area contributed by atoms with Crippen LogP contribution in [0.1, 0.15) is 11.1 Å². The summed E-state index contributed by atoms with van der Waals surface area (Å²) in [6.45, 7) is 2.76. The van der Waals surface area contributed by atoms with Gasteiger partial charge in [-0.15, -0.1) is 0 Å². The van der Waals surface area contributed by atoms with Gasteiger partial charge >= 0.3 is 0 Å². The van der Waals surface area contributed by atoms with Gasteiger partial charge in [0.1, 0.15) is 5.82 Å². The summed E-state index contributed by atoms with van der Waals surface area (Å²) >= 11 is 5.88. The van der Waals surface area contributed by atoms with Crippen molar-refractivity contribution in [1.82, 2.24) is 20.2 Å². The molecule has 0 unspecified atom stereocenters. The number of hydrogen-bond donors (Lipinski definition) is 2. The van der Waals surface area contributed by atoms with Gasteiger partial charge < -0.3 is 5.32 Å². The molecule has 1 aromatic carbocycles. The molecule has 2 aromatic heterocycles. The minimum absolute atomic E-state index is 0.198. The molecule has 2 heterocycles. The Hall–Kier alpha value is -2.14. The van der Waals surface area contributed by atoms with Crippen molar-refractivity contribution >= 4 is 28.5 Å². The number of hydrogen-bond acceptors (Lipinski definition) is 4. The number of anilines is 1. The molecule has 0 bridgehead atoms. The molecule has 0 amide bonds. The molecule has 0 fully saturated rings. The van der Waals surface area contributed by atoms with Gasteiger partial charge in [-0.05, 0) is 29.7 Å². The predicted octanol–water partition coefficient (Wildman–Crippen LogP) is 2.93. The summed E-state index contributed by atoms with van der Waals surface area (Å²) in [4.78, 5) is 8.27. The third-order valence-electron chi connectivity index (χ3n) is 2.99. The van der Waals surface area contributed by atoms with E-state index in [1.54, 1.807) is 6.20 Å². The quantitative estimate of drug-likeness (QED) is 0.720. The first kappa shape index (κ1) is 11.9. The topological polar surface area (TPSA) is 66.5 Å². The zero-order chi connectivity index (χ0) is 13.2. The Bertz CT molecular complexity index is 722. The zero-order valence-electron chi connectivity index (χ0n) is 10.3. The Kier molecular flexibility index (Phi) is 3.05. The van der Waals surface area contributed by atoms with E-state index in [1.807, 2.05) is 12.1 Å². The molecule has 0 radical (unpaired) electrons. The second kappa shape index (κ2) is 4.85. The standard InChI is InChI=1S/C13H12ClN5/c1-8-4-2-3-5-9(8)6-15-11-10-7-16-19-12(10)18-13(14)17-11/h2-5,7H,6H2,1H3,(H2,15,16,17,18,19). The van der Waals surface area contributed by atoms with Crippen molar-refractivity contribution in [2.75, 3.05) is 5.32 Å². The van der Waals surface area contributed by atoms with E-state index in [0.717, 1.165) is 5.39 Å². The number of nitrogens with zero attached hydrogens (tertiary/aromatic N) is 3. The minimum Gasteiger partial charge on any atom is -0.365 e. The summed E-state index contributed by atoms with van der Waals surface area (Å²) in [5.41, 5.74) is 3.08. The lowest BCUT2D eigenvalue weighted by Gasteiger charge is -2.08. The molecule has 3 rings (SSSR count). The molecule has 96 valence electrons. The average Bonchev–Trinajstić information content (AvgIpc) is 2.85. The van der Waals surface area contributed by atoms with Crippen LogP contribution >= 0.6 is 11.6 Å². The van der Waals surface area contributed by atoms with Crippen LogP contribution in [0, 0.1) is 6.92 Å². The maximum Gasteiger partial charge on any atom is 0.226 e. The third-order valence-corrected chi connectivity index (χ3v) is 3.16. The second-order valence-corrected chi connectivity index (χ2v) is 4.59. The summed E-state index contributed by atoms with van der Waals surface area (Å²) in [7, 11) is 0. The molecule has 3 aromatic rings. The largest absolute Gasteiger partial charge is 0.365 e. The van der Waals surface area contributed by atoms with Crippen LogP contribution in [0.4, 0.5) is 5.82 Å². The second-order valence-electron chi connectivity index (χ2n) is 4.25. The number of rotatable bonds is 3. The molecule has 0 saturated heterocycles. The normalized spacial score (nSPS) is 10.8. The van der Waals surface area contributed by atoms with Crippen LogP contribution in [0.25, 0.3) is 11.0 Å². The number of fused-ring (bicyclic) bond motifs is 1. The van der Waals surface area contributed by atoms with Gasteiger partial charge in [-0.2, -0.15) is 15.1 Å². The molecule has 0 aliphatic heterocycles. The van der Waals surface area contributed by atoms with E-state index in [4.69, 9.17) is 11.6 Å². The highest BCUT2D eigenvalue weighted by Crippen LogP contribution is 2.20. The van der Waals surface area contributed by atoms with Crippen LogP contribution in [-0.4, -0.2) is 20.2 Å². The lowest BCUT2D eigenvalue weighted by atomic mass is 10.1. The highest BCUT2D eigenvalue weighted by atomic mass is 35.5. The number of aryl methyl sites for hydroxylation is 1. The maximum atomic E-state index is 5.88. The van der Waals surface area contributed by atoms with E-state index in [2.05, 4.69) is 44.5 Å². The van der Waals surface area contributed by atoms with E-state index in [-0.39, 0.29) is 5.28 Å². The Morgan fingerprint density at radius 1 is 1.26 bits per heavy atom. The van der Waals surface area contributed by atoms with Crippen molar-refractivity contribution in [3.63, 3.8) is 0 Å². The monoisotopic (exact) mass is 273 g/mol. The van der Waals surface area contributed by atoms with Gasteiger partial charge in [0, 0.05) is 6.54 Å². The van der Waals surface area contributed by atoms with Crippen molar-refractivity contribution < 1.29 is 0 Å². The summed E-state index contributed by atoms with van der Waals surface area (Å²) in [6.07, 6.45) is 1.69. The number of H-pyrrole nitrogens is 1. The van der Waals surface area contributed by atoms with E-state index in [9.17, 15) is 0 Å². The third kappa shape index (κ3) is 2.37. The fourth-order valence-corrected chi connectivity index (χ4v) is 2.10. The molecule has 0 aliphatic carbocycles. The average molecular weight is 274 g/mol. The lowest BCUT2D eigenvalue weighted by molar-refractivity contribution is 1.07. The highest BCUT2D eigenvalue weighted by Gasteiger charge is 2.08. The smallest absolute Gasteiger partial charge is 0.226 e. The minimum atomic E-state index is 0.198. The lowest BCUT2D eigenvalue weighted by Crippen LogP contribution is -2.04. The summed E-state index contributed by atoms with van der Waals surface area (Å²) in [6, 6.07) is 8.20. The van der Waals surface area contributed by atoms with Crippen molar-refractivity contribution in [3.05, 3.63) is 46.9 Å². The molecule has 0 spiro atoms. The van der Waals surface area contributed by atoms with Crippen molar-refractivity contribution in [2.24, 2.45) is 0 Å². The van der Waals surface area contributed by atoms with E-state index in [1.165, 1.54) is 11.1 Å². The number of aromatic nitrogens is 4. The van der Waals surface area contributed by atoms with Crippen LogP contribution in [-0.2, 0) is 6.54 Å². The molecule has 0 aliphatic rings. The van der Waals surface area contributed by atoms with Crippen LogP contribution in [0.2, 0.25) is 5.28 Å². The van der Waals surface area contributed by atoms with Gasteiger partial charge in [-0.1, -0.05) is 24.3 Å². The molecule has 19 heavy (non-hydrogen) atoms. The summed E-state index contributed by atoms with van der Waals surface area (Å²) in [5, 5.41) is 11.0. The Morgan fingerprint density at radius 3 is 2.95 bits per heavy atom. The van der Waals surface area contributed by atoms with Crippen LogP contribution in [0.5, 0.6) is 0 Å². The van der Waals surface area contributed by atoms with Gasteiger partial charge in [-0.25, -0.2) is 0 Å². The van der Waals surface area contributed by atoms with E-state index < -0.39 is 0 Å². The SMILES string of the molecule is Cc1ccccc1CNc1nc(Cl)nc2[nH]ncc12. The zero-order valence-corrected chi connectivity index (χ0v) is 11.1. The number of nitrogens with one attached hydrogen (secondary N) is 2. The van der Waals surface area contributed by atoms with E-state index in [0.29, 0.717) is 18.0 Å². The first-order valence-electron chi connectivity index (χ1n) is 5.89. The van der Waals surface area contributed by atoms with Gasteiger partial charge in [0.2, 0.25) is 5.28 Å². The fraction of sp³-hybridized carbons (Fsp3) is 0.154. The van der Waals surface area contributed by atoms with Gasteiger partial charge in [-0.3, -0.25) is 5.10 Å². The van der Waals surface area contributed by atoms with Crippen LogP contribution in [0.3, 0.4) is 0 Å². The Morgan fingerprint density at radius 2 is 2.11 bits per heavy atom. The number of benzene rings is 1. The van der Waals surface area contributed by atoms with Gasteiger partial charge in [0.25, 0.3) is 0 Å². The fourth-order valence-electron chi connectivity index (χ4n) is 1.93. The van der Waals surface area contributed by atoms with Crippen molar-refractivity contribution in [2.45, 2.75) is 13.5 Å². The van der Waals surface area contributed by atoms with Gasteiger partial charge in [0.05, 0.1) is 11.6 Å². The number of halogens is 1. The molecular formula is C13H12ClN5. The van der Waals surface area contributed by atoms with Gasteiger partial charge in [0.15, 0.2) is 5.65 Å². The van der Waals surface area contributed by atoms with Crippen LogP contribution < -0.4 is 5.32 Å². The predicted molar refractivity (Wildman–Crippen MR) is 75.2 cm³/mol.